The summed E-state index contributed by atoms with van der Waals surface area (Å²) in [6, 6.07) is 20.5. The number of non-ortho nitro benzene ring substituents is 1. The van der Waals surface area contributed by atoms with Gasteiger partial charge in [0, 0.05) is 69.1 Å². The average molecular weight is 563 g/mol. The first kappa shape index (κ1) is 28.8. The molecule has 0 atom stereocenters. The molecule has 0 aromatic heterocycles. The Morgan fingerprint density at radius 2 is 1.75 bits per heavy atom. The summed E-state index contributed by atoms with van der Waals surface area (Å²) in [6.07, 6.45) is 3.87. The van der Waals surface area contributed by atoms with E-state index in [0.29, 0.717) is 62.0 Å². The highest BCUT2D eigenvalue weighted by molar-refractivity contribution is 6.33. The molecule has 1 heterocycles. The molecule has 0 unspecified atom stereocenters. The van der Waals surface area contributed by atoms with E-state index < -0.39 is 4.92 Å². The van der Waals surface area contributed by atoms with Gasteiger partial charge in [-0.05, 0) is 24.3 Å². The van der Waals surface area contributed by atoms with Crippen LogP contribution in [0.25, 0.3) is 6.08 Å². The van der Waals surface area contributed by atoms with Crippen LogP contribution in [0, 0.1) is 10.1 Å². The molecule has 0 N–H and O–H groups in total. The van der Waals surface area contributed by atoms with Crippen molar-refractivity contribution in [3.05, 3.63) is 111 Å². The van der Waals surface area contributed by atoms with Gasteiger partial charge >= 0.3 is 0 Å². The van der Waals surface area contributed by atoms with Gasteiger partial charge in [0.25, 0.3) is 17.5 Å². The number of para-hydroxylation sites is 1. The van der Waals surface area contributed by atoms with Crippen LogP contribution in [0.2, 0.25) is 5.02 Å². The smallest absolute Gasteiger partial charge is 0.270 e. The summed E-state index contributed by atoms with van der Waals surface area (Å²) in [4.78, 5) is 42.6. The van der Waals surface area contributed by atoms with E-state index in [9.17, 15) is 19.7 Å². The second kappa shape index (κ2) is 13.7. The molecule has 0 saturated carbocycles. The molecule has 40 heavy (non-hydrogen) atoms. The number of ether oxygens (including phenoxy) is 1. The molecule has 1 fully saturated rings. The number of methoxy groups -OCH3 is 1. The highest BCUT2D eigenvalue weighted by atomic mass is 35.5. The fraction of sp³-hybridized carbons (Fsp3) is 0.267. The third-order valence-corrected chi connectivity index (χ3v) is 7.13. The summed E-state index contributed by atoms with van der Waals surface area (Å²) in [5.41, 5.74) is 1.57. The Morgan fingerprint density at radius 1 is 1.02 bits per heavy atom. The van der Waals surface area contributed by atoms with Gasteiger partial charge in [0.15, 0.2) is 0 Å². The van der Waals surface area contributed by atoms with Crippen molar-refractivity contribution >= 4 is 35.2 Å². The fourth-order valence-electron chi connectivity index (χ4n) is 4.56. The molecule has 3 aromatic carbocycles. The number of carbonyl (C=O) groups is 2. The van der Waals surface area contributed by atoms with E-state index in [1.807, 2.05) is 36.4 Å². The topological polar surface area (TPSA) is 96.2 Å². The second-order valence-corrected chi connectivity index (χ2v) is 9.72. The van der Waals surface area contributed by atoms with E-state index in [1.165, 1.54) is 18.2 Å². The van der Waals surface area contributed by atoms with E-state index in [0.717, 1.165) is 11.3 Å². The summed E-state index contributed by atoms with van der Waals surface area (Å²) >= 11 is 6.34. The van der Waals surface area contributed by atoms with Crippen LogP contribution >= 0.6 is 11.6 Å². The van der Waals surface area contributed by atoms with Crippen LogP contribution in [0.4, 0.5) is 5.69 Å². The minimum atomic E-state index is -0.504. The van der Waals surface area contributed by atoms with Crippen LogP contribution in [-0.2, 0) is 0 Å². The molecule has 3 aromatic rings. The molecule has 0 bridgehead atoms. The molecule has 9 nitrogen and oxygen atoms in total. The van der Waals surface area contributed by atoms with Crippen molar-refractivity contribution in [3.8, 4) is 5.75 Å². The molecular formula is C30H31ClN4O5. The molecule has 1 aliphatic heterocycles. The molecule has 208 valence electrons. The maximum absolute atomic E-state index is 13.4. The number of halogens is 1. The van der Waals surface area contributed by atoms with E-state index in [-0.39, 0.29) is 17.5 Å². The largest absolute Gasteiger partial charge is 0.496 e. The lowest BCUT2D eigenvalue weighted by atomic mass is 10.1. The zero-order chi connectivity index (χ0) is 28.5. The molecule has 0 aliphatic carbocycles. The number of nitro groups is 1. The van der Waals surface area contributed by atoms with Crippen molar-refractivity contribution in [2.75, 3.05) is 52.9 Å². The minimum absolute atomic E-state index is 0.104. The van der Waals surface area contributed by atoms with Gasteiger partial charge in [-0.3, -0.25) is 24.6 Å². The maximum Gasteiger partial charge on any atom is 0.270 e. The first-order chi connectivity index (χ1) is 19.4. The highest BCUT2D eigenvalue weighted by Crippen LogP contribution is 2.20. The summed E-state index contributed by atoms with van der Waals surface area (Å²) in [7, 11) is 1.62. The minimum Gasteiger partial charge on any atom is -0.496 e. The van der Waals surface area contributed by atoms with Gasteiger partial charge < -0.3 is 14.5 Å². The third-order valence-electron chi connectivity index (χ3n) is 6.80. The van der Waals surface area contributed by atoms with Crippen molar-refractivity contribution in [1.82, 2.24) is 14.7 Å². The Morgan fingerprint density at radius 3 is 2.48 bits per heavy atom. The van der Waals surface area contributed by atoms with E-state index in [2.05, 4.69) is 4.90 Å². The van der Waals surface area contributed by atoms with E-state index in [1.54, 1.807) is 47.2 Å². The van der Waals surface area contributed by atoms with Crippen LogP contribution in [0.1, 0.15) is 26.3 Å². The predicted octanol–water partition coefficient (Wildman–Crippen LogP) is 4.87. The highest BCUT2D eigenvalue weighted by Gasteiger charge is 2.24. The molecule has 0 radical (unpaired) electrons. The lowest BCUT2D eigenvalue weighted by Gasteiger charge is -2.35. The van der Waals surface area contributed by atoms with Crippen molar-refractivity contribution in [1.29, 1.82) is 0 Å². The van der Waals surface area contributed by atoms with Crippen molar-refractivity contribution in [2.45, 2.75) is 0 Å². The van der Waals surface area contributed by atoms with E-state index in [4.69, 9.17) is 16.3 Å². The first-order valence-electron chi connectivity index (χ1n) is 13.0. The number of rotatable bonds is 10. The van der Waals surface area contributed by atoms with Gasteiger partial charge in [-0.2, -0.15) is 0 Å². The van der Waals surface area contributed by atoms with Crippen LogP contribution < -0.4 is 4.74 Å². The summed E-state index contributed by atoms with van der Waals surface area (Å²) in [6.45, 7) is 3.73. The number of benzene rings is 3. The normalized spacial score (nSPS) is 13.8. The molecule has 0 spiro atoms. The lowest BCUT2D eigenvalue weighted by Crippen LogP contribution is -2.50. The Labute approximate surface area is 238 Å². The lowest BCUT2D eigenvalue weighted by molar-refractivity contribution is -0.384. The fourth-order valence-corrected chi connectivity index (χ4v) is 4.78. The number of piperazine rings is 1. The summed E-state index contributed by atoms with van der Waals surface area (Å²) in [5, 5.41) is 11.5. The van der Waals surface area contributed by atoms with Crippen molar-refractivity contribution in [3.63, 3.8) is 0 Å². The van der Waals surface area contributed by atoms with Crippen LogP contribution in [0.5, 0.6) is 5.75 Å². The van der Waals surface area contributed by atoms with Gasteiger partial charge in [0.05, 0.1) is 22.6 Å². The SMILES string of the molecule is COc1ccccc1/C=C/CN(CCN1CCN(C(=O)c2cccc([N+](=O)[O-])c2)CC1)C(=O)c1ccccc1Cl. The van der Waals surface area contributed by atoms with Gasteiger partial charge in [0.2, 0.25) is 0 Å². The molecule has 1 aliphatic rings. The standard InChI is InChI=1S/C30H31ClN4O5/c1-40-28-14-5-2-8-23(28)10-7-15-33(30(37)26-12-3-4-13-27(26)31)19-16-32-17-20-34(21-18-32)29(36)24-9-6-11-25(22-24)35(38)39/h2-14,22H,15-21H2,1H3/b10-7+. The molecule has 10 heteroatoms. The number of hydrogen-bond acceptors (Lipinski definition) is 6. The predicted molar refractivity (Wildman–Crippen MR) is 155 cm³/mol. The van der Waals surface area contributed by atoms with Crippen LogP contribution in [0.15, 0.2) is 78.9 Å². The monoisotopic (exact) mass is 562 g/mol. The number of amides is 2. The Balaban J connectivity index is 1.38. The van der Waals surface area contributed by atoms with Gasteiger partial charge in [-0.1, -0.05) is 60.2 Å². The second-order valence-electron chi connectivity index (χ2n) is 9.32. The Bertz CT molecular complexity index is 1390. The van der Waals surface area contributed by atoms with Gasteiger partial charge in [-0.15, -0.1) is 0 Å². The number of carbonyl (C=O) groups excluding carboxylic acids is 2. The molecule has 1 saturated heterocycles. The zero-order valence-electron chi connectivity index (χ0n) is 22.2. The average Bonchev–Trinajstić information content (AvgIpc) is 2.99. The van der Waals surface area contributed by atoms with Gasteiger partial charge in [0.1, 0.15) is 5.75 Å². The number of nitro benzene ring substituents is 1. The number of nitrogens with zero attached hydrogens (tertiary/aromatic N) is 4. The summed E-state index contributed by atoms with van der Waals surface area (Å²) < 4.78 is 5.42. The van der Waals surface area contributed by atoms with E-state index >= 15 is 0 Å². The maximum atomic E-state index is 13.4. The first-order valence-corrected chi connectivity index (χ1v) is 13.3. The summed E-state index contributed by atoms with van der Waals surface area (Å²) in [5.74, 6) is 0.371. The van der Waals surface area contributed by atoms with Crippen LogP contribution in [0.3, 0.4) is 0 Å². The van der Waals surface area contributed by atoms with Crippen molar-refractivity contribution in [2.24, 2.45) is 0 Å². The number of hydrogen-bond donors (Lipinski definition) is 0. The Kier molecular flexibility index (Phi) is 9.88. The quantitative estimate of drug-likeness (QED) is 0.258. The zero-order valence-corrected chi connectivity index (χ0v) is 23.0. The molecular weight excluding hydrogens is 532 g/mol. The van der Waals surface area contributed by atoms with Crippen LogP contribution in [-0.4, -0.2) is 84.4 Å². The van der Waals surface area contributed by atoms with Crippen molar-refractivity contribution < 1.29 is 19.2 Å². The third kappa shape index (κ3) is 7.25. The molecule has 4 rings (SSSR count). The Hall–Kier alpha value is -4.21. The van der Waals surface area contributed by atoms with Gasteiger partial charge in [-0.25, -0.2) is 0 Å². The molecule has 2 amide bonds.